The smallest absolute Gasteiger partial charge is 0.338 e. The zero-order chi connectivity index (χ0) is 21.5. The number of aromatic nitrogens is 1. The first-order valence-electron chi connectivity index (χ1n) is 9.12. The molecule has 152 valence electrons. The average molecular weight is 421 g/mol. The Morgan fingerprint density at radius 1 is 1.17 bits per heavy atom. The number of ether oxygens (including phenoxy) is 2. The number of carbonyl (C=O) groups is 2. The van der Waals surface area contributed by atoms with Crippen LogP contribution >= 0.6 is 11.8 Å². The molecule has 1 heterocycles. The molecule has 8 heteroatoms. The van der Waals surface area contributed by atoms with Gasteiger partial charge in [-0.2, -0.15) is 5.26 Å². The molecule has 1 aromatic heterocycles. The highest BCUT2D eigenvalue weighted by Gasteiger charge is 2.12. The molecule has 0 aliphatic rings. The first kappa shape index (κ1) is 21.1. The highest BCUT2D eigenvalue weighted by atomic mass is 32.2. The van der Waals surface area contributed by atoms with Gasteiger partial charge in [0, 0.05) is 11.1 Å². The third-order valence-corrected chi connectivity index (χ3v) is 5.12. The standard InChI is InChI=1S/C22H19N3O4S/c1-3-29-22(27)14-4-6-17(7-5-14)24-20(26)13-30-21-16(12-23)10-15-11-18(28-2)8-9-19(15)25-21/h4-11H,3,13H2,1-2H3,(H,24,26). The molecule has 0 aliphatic heterocycles. The third-order valence-electron chi connectivity index (χ3n) is 4.13. The van der Waals surface area contributed by atoms with Crippen molar-refractivity contribution in [3.63, 3.8) is 0 Å². The minimum atomic E-state index is -0.407. The number of thioether (sulfide) groups is 1. The normalized spacial score (nSPS) is 10.3. The summed E-state index contributed by atoms with van der Waals surface area (Å²) >= 11 is 1.19. The molecule has 30 heavy (non-hydrogen) atoms. The van der Waals surface area contributed by atoms with E-state index in [0.717, 1.165) is 5.39 Å². The van der Waals surface area contributed by atoms with Crippen LogP contribution in [0, 0.1) is 11.3 Å². The molecule has 0 unspecified atom stereocenters. The van der Waals surface area contributed by atoms with Gasteiger partial charge in [-0.05, 0) is 55.5 Å². The number of methoxy groups -OCH3 is 1. The summed E-state index contributed by atoms with van der Waals surface area (Å²) in [5, 5.41) is 13.5. The van der Waals surface area contributed by atoms with Crippen molar-refractivity contribution in [3.05, 3.63) is 59.7 Å². The molecule has 1 N–H and O–H groups in total. The number of rotatable bonds is 7. The lowest BCUT2D eigenvalue weighted by Crippen LogP contribution is -2.14. The summed E-state index contributed by atoms with van der Waals surface area (Å²) in [6, 6.07) is 15.7. The van der Waals surface area contributed by atoms with Crippen molar-refractivity contribution in [2.75, 3.05) is 24.8 Å². The van der Waals surface area contributed by atoms with Crippen molar-refractivity contribution in [1.82, 2.24) is 4.98 Å². The number of benzene rings is 2. The van der Waals surface area contributed by atoms with E-state index < -0.39 is 5.97 Å². The zero-order valence-corrected chi connectivity index (χ0v) is 17.3. The van der Waals surface area contributed by atoms with Crippen molar-refractivity contribution < 1.29 is 19.1 Å². The molecule has 0 saturated heterocycles. The summed E-state index contributed by atoms with van der Waals surface area (Å²) in [4.78, 5) is 28.5. The van der Waals surface area contributed by atoms with E-state index in [-0.39, 0.29) is 11.7 Å². The first-order valence-corrected chi connectivity index (χ1v) is 10.1. The van der Waals surface area contributed by atoms with Crippen LogP contribution in [0.15, 0.2) is 53.6 Å². The van der Waals surface area contributed by atoms with Crippen molar-refractivity contribution >= 4 is 40.2 Å². The number of anilines is 1. The van der Waals surface area contributed by atoms with Gasteiger partial charge in [0.25, 0.3) is 0 Å². The van der Waals surface area contributed by atoms with Crippen molar-refractivity contribution in [3.8, 4) is 11.8 Å². The lowest BCUT2D eigenvalue weighted by atomic mass is 10.1. The Bertz CT molecular complexity index is 1120. The van der Waals surface area contributed by atoms with Crippen LogP contribution in [0.2, 0.25) is 0 Å². The fraction of sp³-hybridized carbons (Fsp3) is 0.182. The van der Waals surface area contributed by atoms with E-state index in [2.05, 4.69) is 16.4 Å². The Kier molecular flexibility index (Phi) is 6.88. The SMILES string of the molecule is CCOC(=O)c1ccc(NC(=O)CSc2nc3ccc(OC)cc3cc2C#N)cc1. The number of fused-ring (bicyclic) bond motifs is 1. The molecule has 1 amide bonds. The van der Waals surface area contributed by atoms with E-state index in [1.165, 1.54) is 11.8 Å². The van der Waals surface area contributed by atoms with Crippen LogP contribution in [0.1, 0.15) is 22.8 Å². The van der Waals surface area contributed by atoms with E-state index in [0.29, 0.717) is 39.7 Å². The number of hydrogen-bond acceptors (Lipinski definition) is 7. The van der Waals surface area contributed by atoms with Gasteiger partial charge in [0.2, 0.25) is 5.91 Å². The van der Waals surface area contributed by atoms with Gasteiger partial charge in [0.05, 0.1) is 36.1 Å². The average Bonchev–Trinajstić information content (AvgIpc) is 2.77. The number of carbonyl (C=O) groups excluding carboxylic acids is 2. The van der Waals surface area contributed by atoms with E-state index in [1.807, 2.05) is 12.1 Å². The van der Waals surface area contributed by atoms with Crippen LogP contribution < -0.4 is 10.1 Å². The third kappa shape index (κ3) is 5.07. The van der Waals surface area contributed by atoms with Gasteiger partial charge >= 0.3 is 5.97 Å². The second kappa shape index (κ2) is 9.76. The lowest BCUT2D eigenvalue weighted by molar-refractivity contribution is -0.113. The number of hydrogen-bond donors (Lipinski definition) is 1. The van der Waals surface area contributed by atoms with Crippen LogP contribution in [-0.2, 0) is 9.53 Å². The maximum absolute atomic E-state index is 12.3. The van der Waals surface area contributed by atoms with E-state index >= 15 is 0 Å². The fourth-order valence-electron chi connectivity index (χ4n) is 2.69. The predicted molar refractivity (Wildman–Crippen MR) is 115 cm³/mol. The molecule has 0 atom stereocenters. The summed E-state index contributed by atoms with van der Waals surface area (Å²) in [5.74, 6) is 0.115. The first-order chi connectivity index (χ1) is 14.5. The maximum atomic E-state index is 12.3. The Hall–Kier alpha value is -3.57. The lowest BCUT2D eigenvalue weighted by Gasteiger charge is -2.08. The summed E-state index contributed by atoms with van der Waals surface area (Å²) in [6.07, 6.45) is 0. The summed E-state index contributed by atoms with van der Waals surface area (Å²) < 4.78 is 10.1. The Balaban J connectivity index is 1.66. The molecule has 2 aromatic carbocycles. The van der Waals surface area contributed by atoms with Crippen LogP contribution in [-0.4, -0.2) is 36.3 Å². The van der Waals surface area contributed by atoms with Gasteiger partial charge in [-0.1, -0.05) is 11.8 Å². The number of pyridine rings is 1. The van der Waals surface area contributed by atoms with Crippen LogP contribution in [0.4, 0.5) is 5.69 Å². The molecule has 0 saturated carbocycles. The minimum absolute atomic E-state index is 0.0863. The maximum Gasteiger partial charge on any atom is 0.338 e. The van der Waals surface area contributed by atoms with E-state index in [9.17, 15) is 14.9 Å². The second-order valence-corrected chi connectivity index (χ2v) is 7.11. The summed E-state index contributed by atoms with van der Waals surface area (Å²) in [7, 11) is 1.58. The minimum Gasteiger partial charge on any atom is -0.497 e. The van der Waals surface area contributed by atoms with Gasteiger partial charge in [-0.25, -0.2) is 9.78 Å². The van der Waals surface area contributed by atoms with Gasteiger partial charge < -0.3 is 14.8 Å². The molecule has 0 fully saturated rings. The zero-order valence-electron chi connectivity index (χ0n) is 16.5. The molecular formula is C22H19N3O4S. The summed E-state index contributed by atoms with van der Waals surface area (Å²) in [5.41, 5.74) is 2.09. The van der Waals surface area contributed by atoms with E-state index in [1.54, 1.807) is 50.4 Å². The number of nitrogens with one attached hydrogen (secondary N) is 1. The molecular weight excluding hydrogens is 402 g/mol. The summed E-state index contributed by atoms with van der Waals surface area (Å²) in [6.45, 7) is 2.04. The van der Waals surface area contributed by atoms with Crippen LogP contribution in [0.3, 0.4) is 0 Å². The number of nitrogens with zero attached hydrogens (tertiary/aromatic N) is 2. The molecule has 0 bridgehead atoms. The van der Waals surface area contributed by atoms with Gasteiger partial charge in [0.15, 0.2) is 0 Å². The van der Waals surface area contributed by atoms with Crippen molar-refractivity contribution in [2.45, 2.75) is 11.9 Å². The quantitative estimate of drug-likeness (QED) is 0.454. The number of nitriles is 1. The fourth-order valence-corrected chi connectivity index (χ4v) is 3.45. The van der Waals surface area contributed by atoms with E-state index in [4.69, 9.17) is 9.47 Å². The highest BCUT2D eigenvalue weighted by Crippen LogP contribution is 2.27. The molecule has 3 aromatic rings. The van der Waals surface area contributed by atoms with Crippen LogP contribution in [0.5, 0.6) is 5.75 Å². The van der Waals surface area contributed by atoms with Crippen LogP contribution in [0.25, 0.3) is 10.9 Å². The number of esters is 1. The highest BCUT2D eigenvalue weighted by molar-refractivity contribution is 8.00. The monoisotopic (exact) mass is 421 g/mol. The largest absolute Gasteiger partial charge is 0.497 e. The topological polar surface area (TPSA) is 101 Å². The second-order valence-electron chi connectivity index (χ2n) is 6.15. The predicted octanol–water partition coefficient (Wildman–Crippen LogP) is 4.02. The van der Waals surface area contributed by atoms with Crippen molar-refractivity contribution in [2.24, 2.45) is 0 Å². The Morgan fingerprint density at radius 3 is 2.60 bits per heavy atom. The van der Waals surface area contributed by atoms with Gasteiger partial charge in [0.1, 0.15) is 16.8 Å². The molecule has 7 nitrogen and oxygen atoms in total. The Labute approximate surface area is 178 Å². The van der Waals surface area contributed by atoms with Crippen molar-refractivity contribution in [1.29, 1.82) is 5.26 Å². The molecule has 0 radical (unpaired) electrons. The Morgan fingerprint density at radius 2 is 1.93 bits per heavy atom. The molecule has 0 spiro atoms. The van der Waals surface area contributed by atoms with Gasteiger partial charge in [-0.3, -0.25) is 4.79 Å². The molecule has 3 rings (SSSR count). The number of amides is 1. The van der Waals surface area contributed by atoms with Gasteiger partial charge in [-0.15, -0.1) is 0 Å². The molecule has 0 aliphatic carbocycles.